The predicted octanol–water partition coefficient (Wildman–Crippen LogP) is 3.23. The molecule has 0 amide bonds. The number of thiazole rings is 1. The zero-order valence-corrected chi connectivity index (χ0v) is 11.7. The largest absolute Gasteiger partial charge is 0.434 e. The van der Waals surface area contributed by atoms with Gasteiger partial charge in [0.05, 0.1) is 6.54 Å². The van der Waals surface area contributed by atoms with Crippen molar-refractivity contribution in [2.75, 3.05) is 13.6 Å². The van der Waals surface area contributed by atoms with E-state index in [0.29, 0.717) is 11.6 Å². The molecule has 0 aliphatic rings. The van der Waals surface area contributed by atoms with Gasteiger partial charge in [-0.25, -0.2) is 4.98 Å². The Bertz CT molecular complexity index is 539. The van der Waals surface area contributed by atoms with Gasteiger partial charge in [-0.1, -0.05) is 6.07 Å². The highest BCUT2D eigenvalue weighted by atomic mass is 32.1. The maximum absolute atomic E-state index is 12.4. The van der Waals surface area contributed by atoms with Crippen LogP contribution in [0.25, 0.3) is 0 Å². The van der Waals surface area contributed by atoms with Crippen LogP contribution in [-0.4, -0.2) is 28.5 Å². The lowest BCUT2D eigenvalue weighted by molar-refractivity contribution is -0.140. The zero-order valence-electron chi connectivity index (χ0n) is 10.9. The third-order valence-electron chi connectivity index (χ3n) is 2.72. The molecule has 108 valence electrons. The molecule has 7 heteroatoms. The van der Waals surface area contributed by atoms with Crippen LogP contribution < -0.4 is 0 Å². The Morgan fingerprint density at radius 3 is 2.70 bits per heavy atom. The van der Waals surface area contributed by atoms with Crippen LogP contribution >= 0.6 is 11.3 Å². The van der Waals surface area contributed by atoms with Crippen molar-refractivity contribution in [1.29, 1.82) is 0 Å². The van der Waals surface area contributed by atoms with Gasteiger partial charge >= 0.3 is 6.18 Å². The van der Waals surface area contributed by atoms with Crippen molar-refractivity contribution < 1.29 is 13.2 Å². The minimum Gasteiger partial charge on any atom is -0.299 e. The summed E-state index contributed by atoms with van der Waals surface area (Å²) in [5.41, 5.74) is 0.157. The summed E-state index contributed by atoms with van der Waals surface area (Å²) in [6.45, 7) is 1.13. The fourth-order valence-electron chi connectivity index (χ4n) is 1.68. The van der Waals surface area contributed by atoms with Gasteiger partial charge in [0.2, 0.25) is 0 Å². The van der Waals surface area contributed by atoms with Crippen molar-refractivity contribution in [2.24, 2.45) is 0 Å². The normalized spacial score (nSPS) is 12.1. The van der Waals surface area contributed by atoms with Gasteiger partial charge in [-0.3, -0.25) is 9.88 Å². The van der Waals surface area contributed by atoms with Crippen LogP contribution in [0.4, 0.5) is 13.2 Å². The Balaban J connectivity index is 1.85. The van der Waals surface area contributed by atoms with Crippen molar-refractivity contribution in [3.05, 3.63) is 46.2 Å². The average Bonchev–Trinajstić information content (AvgIpc) is 2.86. The van der Waals surface area contributed by atoms with Crippen LogP contribution in [0.3, 0.4) is 0 Å². The minimum absolute atomic E-state index is 0.410. The van der Waals surface area contributed by atoms with Crippen LogP contribution in [0, 0.1) is 0 Å². The van der Waals surface area contributed by atoms with Crippen LogP contribution in [0.5, 0.6) is 0 Å². The molecular formula is C13H14F3N3S. The maximum atomic E-state index is 12.4. The van der Waals surface area contributed by atoms with E-state index in [1.807, 2.05) is 30.1 Å². The lowest BCUT2D eigenvalue weighted by Gasteiger charge is -2.14. The number of hydrogen-bond donors (Lipinski definition) is 0. The first-order chi connectivity index (χ1) is 9.45. The van der Waals surface area contributed by atoms with E-state index in [0.717, 1.165) is 35.4 Å². The van der Waals surface area contributed by atoms with E-state index in [1.165, 1.54) is 0 Å². The molecule has 2 rings (SSSR count). The number of hydrogen-bond acceptors (Lipinski definition) is 4. The molecule has 0 fully saturated rings. The number of aromatic nitrogens is 2. The average molecular weight is 301 g/mol. The van der Waals surface area contributed by atoms with Gasteiger partial charge in [0.1, 0.15) is 5.01 Å². The van der Waals surface area contributed by atoms with Crippen LogP contribution in [0.2, 0.25) is 0 Å². The van der Waals surface area contributed by atoms with Gasteiger partial charge in [0, 0.05) is 30.2 Å². The molecule has 0 saturated carbocycles. The maximum Gasteiger partial charge on any atom is 0.434 e. The first-order valence-electron chi connectivity index (χ1n) is 6.05. The Hall–Kier alpha value is -1.47. The third kappa shape index (κ3) is 4.28. The Labute approximate surface area is 119 Å². The predicted molar refractivity (Wildman–Crippen MR) is 71.4 cm³/mol. The number of rotatable bonds is 5. The topological polar surface area (TPSA) is 29.0 Å². The number of pyridine rings is 1. The summed E-state index contributed by atoms with van der Waals surface area (Å²) in [6.07, 6.45) is -1.87. The van der Waals surface area contributed by atoms with Gasteiger partial charge in [-0.15, -0.1) is 11.3 Å². The van der Waals surface area contributed by atoms with Crippen LogP contribution in [0.15, 0.2) is 29.8 Å². The van der Waals surface area contributed by atoms with Gasteiger partial charge < -0.3 is 0 Å². The molecule has 2 aromatic rings. The minimum atomic E-state index is -4.36. The van der Waals surface area contributed by atoms with E-state index < -0.39 is 11.9 Å². The summed E-state index contributed by atoms with van der Waals surface area (Å²) in [7, 11) is 1.86. The molecule has 0 spiro atoms. The summed E-state index contributed by atoms with van der Waals surface area (Å²) in [6, 6.07) is 5.69. The molecule has 20 heavy (non-hydrogen) atoms. The molecule has 0 atom stereocenters. The highest BCUT2D eigenvalue weighted by Gasteiger charge is 2.33. The van der Waals surface area contributed by atoms with Gasteiger partial charge in [0.25, 0.3) is 0 Å². The van der Waals surface area contributed by atoms with Gasteiger partial charge in [0.15, 0.2) is 5.69 Å². The van der Waals surface area contributed by atoms with Crippen LogP contribution in [0.1, 0.15) is 16.4 Å². The molecular weight excluding hydrogens is 287 g/mol. The quantitative estimate of drug-likeness (QED) is 0.849. The molecule has 0 aliphatic heterocycles. The number of nitrogens with zero attached hydrogens (tertiary/aromatic N) is 3. The highest BCUT2D eigenvalue weighted by Crippen LogP contribution is 2.30. The summed E-state index contributed by atoms with van der Waals surface area (Å²) in [5, 5.41) is 1.53. The molecule has 0 N–H and O–H groups in total. The van der Waals surface area contributed by atoms with Gasteiger partial charge in [-0.05, 0) is 19.2 Å². The fraction of sp³-hybridized carbons (Fsp3) is 0.385. The number of alkyl halides is 3. The van der Waals surface area contributed by atoms with E-state index >= 15 is 0 Å². The zero-order chi connectivity index (χ0) is 14.6. The molecule has 0 radical (unpaired) electrons. The molecule has 2 heterocycles. The van der Waals surface area contributed by atoms with E-state index in [1.54, 1.807) is 6.20 Å². The summed E-state index contributed by atoms with van der Waals surface area (Å²) in [5.74, 6) is 0. The molecule has 0 bridgehead atoms. The Morgan fingerprint density at radius 2 is 2.10 bits per heavy atom. The monoisotopic (exact) mass is 301 g/mol. The van der Waals surface area contributed by atoms with E-state index in [4.69, 9.17) is 0 Å². The fourth-order valence-corrected chi connectivity index (χ4v) is 2.56. The second-order valence-corrected chi connectivity index (χ2v) is 5.38. The smallest absolute Gasteiger partial charge is 0.299 e. The summed E-state index contributed by atoms with van der Waals surface area (Å²) >= 11 is 1.04. The summed E-state index contributed by atoms with van der Waals surface area (Å²) < 4.78 is 37.3. The van der Waals surface area contributed by atoms with Crippen LogP contribution in [-0.2, 0) is 19.1 Å². The Kier molecular flexibility index (Phi) is 4.72. The molecule has 0 saturated heterocycles. The molecule has 3 nitrogen and oxygen atoms in total. The first kappa shape index (κ1) is 14.9. The third-order valence-corrected chi connectivity index (χ3v) is 3.56. The van der Waals surface area contributed by atoms with Crippen molar-refractivity contribution in [3.63, 3.8) is 0 Å². The molecule has 0 aromatic carbocycles. The SMILES string of the molecule is CN(CCc1ccccn1)Cc1nc(C(F)(F)F)cs1. The van der Waals surface area contributed by atoms with Crippen molar-refractivity contribution in [2.45, 2.75) is 19.1 Å². The molecule has 2 aromatic heterocycles. The molecule has 0 unspecified atom stereocenters. The molecule has 0 aliphatic carbocycles. The number of likely N-dealkylation sites (N-methyl/N-ethyl adjacent to an activating group) is 1. The first-order valence-corrected chi connectivity index (χ1v) is 6.93. The number of halogens is 3. The van der Waals surface area contributed by atoms with Gasteiger partial charge in [-0.2, -0.15) is 13.2 Å². The van der Waals surface area contributed by atoms with E-state index in [2.05, 4.69) is 9.97 Å². The van der Waals surface area contributed by atoms with E-state index in [-0.39, 0.29) is 0 Å². The standard InChI is InChI=1S/C13H14F3N3S/c1-19(7-5-10-4-2-3-6-17-10)8-12-18-11(9-20-12)13(14,15)16/h2-4,6,9H,5,7-8H2,1H3. The lowest BCUT2D eigenvalue weighted by Crippen LogP contribution is -2.21. The second-order valence-electron chi connectivity index (χ2n) is 4.43. The summed E-state index contributed by atoms with van der Waals surface area (Å²) in [4.78, 5) is 9.76. The second kappa shape index (κ2) is 6.32. The highest BCUT2D eigenvalue weighted by molar-refractivity contribution is 7.09. The Morgan fingerprint density at radius 1 is 1.30 bits per heavy atom. The van der Waals surface area contributed by atoms with Crippen molar-refractivity contribution >= 4 is 11.3 Å². The lowest BCUT2D eigenvalue weighted by atomic mass is 10.2. The van der Waals surface area contributed by atoms with Crippen molar-refractivity contribution in [3.8, 4) is 0 Å². The van der Waals surface area contributed by atoms with Crippen molar-refractivity contribution in [1.82, 2.24) is 14.9 Å². The van der Waals surface area contributed by atoms with E-state index in [9.17, 15) is 13.2 Å².